The van der Waals surface area contributed by atoms with Gasteiger partial charge in [0.1, 0.15) is 0 Å². The van der Waals surface area contributed by atoms with Crippen LogP contribution in [-0.2, 0) is 4.74 Å². The van der Waals surface area contributed by atoms with Crippen molar-refractivity contribution in [1.82, 2.24) is 10.2 Å². The predicted octanol–water partition coefficient (Wildman–Crippen LogP) is 3.02. The van der Waals surface area contributed by atoms with Gasteiger partial charge >= 0.3 is 6.03 Å². The molecule has 0 radical (unpaired) electrons. The molecule has 2 amide bonds. The van der Waals surface area contributed by atoms with Crippen molar-refractivity contribution in [3.63, 3.8) is 0 Å². The van der Waals surface area contributed by atoms with Crippen LogP contribution in [0.5, 0.6) is 0 Å². The molecule has 5 aliphatic carbocycles. The maximum absolute atomic E-state index is 12.5. The molecule has 0 aromatic carbocycles. The second-order valence-corrected chi connectivity index (χ2v) is 9.42. The first-order valence-electron chi connectivity index (χ1n) is 9.56. The van der Waals surface area contributed by atoms with E-state index in [0.29, 0.717) is 17.9 Å². The molecule has 1 aliphatic heterocycles. The molecule has 6 rings (SSSR count). The van der Waals surface area contributed by atoms with Gasteiger partial charge in [0.05, 0.1) is 17.2 Å². The van der Waals surface area contributed by atoms with E-state index < -0.39 is 0 Å². The predicted molar refractivity (Wildman–Crippen MR) is 88.0 cm³/mol. The summed E-state index contributed by atoms with van der Waals surface area (Å²) >= 11 is 0. The lowest BCUT2D eigenvalue weighted by molar-refractivity contribution is -0.177. The van der Waals surface area contributed by atoms with Gasteiger partial charge in [-0.25, -0.2) is 4.79 Å². The van der Waals surface area contributed by atoms with E-state index in [-0.39, 0.29) is 17.2 Å². The van der Waals surface area contributed by atoms with Gasteiger partial charge in [-0.05, 0) is 81.5 Å². The summed E-state index contributed by atoms with van der Waals surface area (Å²) in [6.45, 7) is 2.35. The van der Waals surface area contributed by atoms with Gasteiger partial charge in [-0.2, -0.15) is 0 Å². The smallest absolute Gasteiger partial charge is 0.317 e. The lowest BCUT2D eigenvalue weighted by Gasteiger charge is -2.61. The van der Waals surface area contributed by atoms with Crippen molar-refractivity contribution in [3.05, 3.63) is 0 Å². The quantitative estimate of drug-likeness (QED) is 0.869. The van der Waals surface area contributed by atoms with E-state index >= 15 is 0 Å². The third kappa shape index (κ3) is 1.79. The van der Waals surface area contributed by atoms with Crippen LogP contribution in [0, 0.1) is 29.6 Å². The maximum atomic E-state index is 12.5. The minimum atomic E-state index is 0.0252. The van der Waals surface area contributed by atoms with E-state index in [9.17, 15) is 4.79 Å². The molecule has 6 fully saturated rings. The number of amides is 2. The third-order valence-corrected chi connectivity index (χ3v) is 8.45. The number of carbonyl (C=O) groups is 1. The lowest BCUT2D eigenvalue weighted by Crippen LogP contribution is -2.63. The number of rotatable bonds is 3. The Bertz CT molecular complexity index is 529. The Kier molecular flexibility index (Phi) is 2.81. The standard InChI is InChI=1S/C19H30N2O2/c1-18(14-4-5-14)16(20-17(22)21(18)2)15-12-6-11-7-13(15)10-19(8-11,9-12)23-3/h11-16H,4-10H2,1-3H3,(H,20,22). The SMILES string of the molecule is COC12CC3CC(C1)C(C1NC(=O)N(C)C1(C)C1CC1)C(C3)C2. The average molecular weight is 318 g/mol. The van der Waals surface area contributed by atoms with Crippen LogP contribution in [0.3, 0.4) is 0 Å². The van der Waals surface area contributed by atoms with Crippen LogP contribution in [0.25, 0.3) is 0 Å². The molecule has 4 nitrogen and oxygen atoms in total. The molecular weight excluding hydrogens is 288 g/mol. The largest absolute Gasteiger partial charge is 0.378 e. The second kappa shape index (κ2) is 4.44. The van der Waals surface area contributed by atoms with Gasteiger partial charge < -0.3 is 15.0 Å². The monoisotopic (exact) mass is 318 g/mol. The lowest BCUT2D eigenvalue weighted by atomic mass is 9.47. The fraction of sp³-hybridized carbons (Fsp3) is 0.947. The molecule has 0 spiro atoms. The molecule has 0 aromatic heterocycles. The van der Waals surface area contributed by atoms with Crippen molar-refractivity contribution in [1.29, 1.82) is 0 Å². The van der Waals surface area contributed by atoms with Crippen molar-refractivity contribution >= 4 is 6.03 Å². The molecule has 5 saturated carbocycles. The van der Waals surface area contributed by atoms with Crippen LogP contribution in [0.4, 0.5) is 4.79 Å². The van der Waals surface area contributed by atoms with Crippen molar-refractivity contribution in [2.45, 2.75) is 69.1 Å². The van der Waals surface area contributed by atoms with E-state index in [4.69, 9.17) is 4.74 Å². The molecule has 23 heavy (non-hydrogen) atoms. The van der Waals surface area contributed by atoms with Gasteiger partial charge in [0.2, 0.25) is 0 Å². The highest BCUT2D eigenvalue weighted by Gasteiger charge is 2.64. The first-order valence-corrected chi connectivity index (χ1v) is 9.56. The maximum Gasteiger partial charge on any atom is 0.317 e. The molecule has 4 bridgehead atoms. The number of nitrogens with zero attached hydrogens (tertiary/aromatic N) is 1. The van der Waals surface area contributed by atoms with E-state index in [2.05, 4.69) is 12.2 Å². The summed E-state index contributed by atoms with van der Waals surface area (Å²) < 4.78 is 6.02. The van der Waals surface area contributed by atoms with Crippen molar-refractivity contribution in [2.24, 2.45) is 29.6 Å². The number of hydrogen-bond acceptors (Lipinski definition) is 2. The third-order valence-electron chi connectivity index (χ3n) is 8.45. The zero-order valence-electron chi connectivity index (χ0n) is 14.7. The highest BCUT2D eigenvalue weighted by Crippen LogP contribution is 2.62. The summed E-state index contributed by atoms with van der Waals surface area (Å²) in [5, 5.41) is 3.42. The first kappa shape index (κ1) is 14.6. The van der Waals surface area contributed by atoms with E-state index in [1.54, 1.807) is 0 Å². The van der Waals surface area contributed by atoms with Gasteiger partial charge in [-0.1, -0.05) is 0 Å². The zero-order valence-corrected chi connectivity index (χ0v) is 14.7. The zero-order chi connectivity index (χ0) is 16.0. The van der Waals surface area contributed by atoms with Crippen LogP contribution in [0.2, 0.25) is 0 Å². The number of likely N-dealkylation sites (N-methyl/N-ethyl adjacent to an activating group) is 1. The van der Waals surface area contributed by atoms with Crippen molar-refractivity contribution in [2.75, 3.05) is 14.2 Å². The number of methoxy groups -OCH3 is 1. The van der Waals surface area contributed by atoms with Gasteiger partial charge in [0.15, 0.2) is 0 Å². The van der Waals surface area contributed by atoms with Gasteiger partial charge in [0, 0.05) is 14.2 Å². The fourth-order valence-electron chi connectivity index (χ4n) is 7.27. The molecule has 128 valence electrons. The Balaban J connectivity index is 1.49. The topological polar surface area (TPSA) is 41.6 Å². The van der Waals surface area contributed by atoms with Crippen LogP contribution in [0.1, 0.15) is 51.9 Å². The van der Waals surface area contributed by atoms with Crippen LogP contribution < -0.4 is 5.32 Å². The number of ether oxygens (including phenoxy) is 1. The van der Waals surface area contributed by atoms with E-state index in [0.717, 1.165) is 17.8 Å². The molecule has 6 aliphatic rings. The minimum Gasteiger partial charge on any atom is -0.378 e. The van der Waals surface area contributed by atoms with E-state index in [1.807, 2.05) is 19.1 Å². The summed E-state index contributed by atoms with van der Waals surface area (Å²) in [4.78, 5) is 14.5. The highest BCUT2D eigenvalue weighted by molar-refractivity contribution is 5.78. The molecule has 4 heteroatoms. The first-order chi connectivity index (χ1) is 11.0. The molecular formula is C19H30N2O2. The number of nitrogens with one attached hydrogen (secondary N) is 1. The summed E-state index contributed by atoms with van der Waals surface area (Å²) in [6, 6.07) is 0.496. The van der Waals surface area contributed by atoms with Crippen LogP contribution >= 0.6 is 0 Å². The Morgan fingerprint density at radius 2 is 1.83 bits per heavy atom. The van der Waals surface area contributed by atoms with Crippen LogP contribution in [-0.4, -0.2) is 42.3 Å². The van der Waals surface area contributed by atoms with Gasteiger partial charge in [-0.15, -0.1) is 0 Å². The van der Waals surface area contributed by atoms with Gasteiger partial charge in [-0.3, -0.25) is 0 Å². The molecule has 1 saturated heterocycles. The number of carbonyl (C=O) groups excluding carboxylic acids is 1. The Hall–Kier alpha value is -0.770. The fourth-order valence-corrected chi connectivity index (χ4v) is 7.27. The number of hydrogen-bond donors (Lipinski definition) is 1. The molecule has 1 N–H and O–H groups in total. The Labute approximate surface area is 139 Å². The van der Waals surface area contributed by atoms with E-state index in [1.165, 1.54) is 44.9 Å². The minimum absolute atomic E-state index is 0.0252. The number of urea groups is 1. The van der Waals surface area contributed by atoms with Gasteiger partial charge in [0.25, 0.3) is 0 Å². The van der Waals surface area contributed by atoms with Crippen molar-refractivity contribution in [3.8, 4) is 0 Å². The normalized spacial score (nSPS) is 54.7. The molecule has 4 atom stereocenters. The molecule has 0 aromatic rings. The molecule has 4 unspecified atom stereocenters. The summed E-state index contributed by atoms with van der Waals surface area (Å²) in [7, 11) is 3.93. The summed E-state index contributed by atoms with van der Waals surface area (Å²) in [5.41, 5.74) is 0.189. The van der Waals surface area contributed by atoms with Crippen LogP contribution in [0.15, 0.2) is 0 Å². The average Bonchev–Trinajstić information content (AvgIpc) is 3.33. The Morgan fingerprint density at radius 3 is 2.39 bits per heavy atom. The second-order valence-electron chi connectivity index (χ2n) is 9.42. The summed E-state index contributed by atoms with van der Waals surface area (Å²) in [5.74, 6) is 3.72. The Morgan fingerprint density at radius 1 is 1.17 bits per heavy atom. The summed E-state index contributed by atoms with van der Waals surface area (Å²) in [6.07, 6.45) is 9.03. The molecule has 1 heterocycles. The highest BCUT2D eigenvalue weighted by atomic mass is 16.5. The van der Waals surface area contributed by atoms with Crippen molar-refractivity contribution < 1.29 is 9.53 Å².